The Morgan fingerprint density at radius 1 is 1.24 bits per heavy atom. The van der Waals surface area contributed by atoms with Crippen LogP contribution < -0.4 is 0 Å². The quantitative estimate of drug-likeness (QED) is 0.763. The molecule has 98 valence electrons. The van der Waals surface area contributed by atoms with Crippen LogP contribution in [0.2, 0.25) is 0 Å². The van der Waals surface area contributed by atoms with Gasteiger partial charge in [0.2, 0.25) is 0 Å². The number of hydrogen-bond acceptors (Lipinski definition) is 4. The van der Waals surface area contributed by atoms with Crippen molar-refractivity contribution in [1.29, 1.82) is 0 Å². The van der Waals surface area contributed by atoms with Gasteiger partial charge in [-0.1, -0.05) is 17.7 Å². The molecule has 0 aromatic carbocycles. The lowest BCUT2D eigenvalue weighted by molar-refractivity contribution is 0.475. The van der Waals surface area contributed by atoms with Crippen LogP contribution in [0.15, 0.2) is 5.16 Å². The molecule has 0 N–H and O–H groups in total. The Hall–Kier alpha value is -0.980. The van der Waals surface area contributed by atoms with Crippen molar-refractivity contribution in [1.82, 2.24) is 14.8 Å². The van der Waals surface area contributed by atoms with Gasteiger partial charge in [0, 0.05) is 12.5 Å². The lowest BCUT2D eigenvalue weighted by Gasteiger charge is -2.12. The first kappa shape index (κ1) is 14.1. The molecule has 17 heavy (non-hydrogen) atoms. The van der Waals surface area contributed by atoms with E-state index in [1.165, 1.54) is 4.57 Å². The van der Waals surface area contributed by atoms with Crippen molar-refractivity contribution in [3.8, 4) is 0 Å². The molecule has 7 heteroatoms. The Kier molecular flexibility index (Phi) is 4.24. The first-order valence-electron chi connectivity index (χ1n) is 5.62. The molecule has 0 bridgehead atoms. The highest BCUT2D eigenvalue weighted by Crippen LogP contribution is 2.19. The van der Waals surface area contributed by atoms with Crippen LogP contribution in [-0.4, -0.2) is 23.2 Å². The Balaban J connectivity index is 3.12. The maximum atomic E-state index is 13.0. The molecular weight excluding hydrogens is 245 g/mol. The van der Waals surface area contributed by atoms with E-state index in [2.05, 4.69) is 24.0 Å². The van der Waals surface area contributed by atoms with Crippen LogP contribution in [0.4, 0.5) is 3.89 Å². The largest absolute Gasteiger partial charge is 0.368 e. The number of aryl methyl sites for hydroxylation is 1. The molecule has 0 radical (unpaired) electrons. The zero-order valence-corrected chi connectivity index (χ0v) is 11.3. The predicted molar refractivity (Wildman–Crippen MR) is 61.9 cm³/mol. The summed E-state index contributed by atoms with van der Waals surface area (Å²) in [7, 11) is -4.81. The van der Waals surface area contributed by atoms with E-state index in [4.69, 9.17) is 0 Å². The van der Waals surface area contributed by atoms with Gasteiger partial charge in [0.15, 0.2) is 0 Å². The van der Waals surface area contributed by atoms with Crippen LogP contribution in [0.3, 0.4) is 0 Å². The van der Waals surface area contributed by atoms with E-state index in [0.717, 1.165) is 6.42 Å². The Bertz CT molecular complexity index is 480. The fraction of sp³-hybridized carbons (Fsp3) is 0.800. The van der Waals surface area contributed by atoms with Crippen LogP contribution in [0.25, 0.3) is 0 Å². The molecule has 0 aliphatic rings. The lowest BCUT2D eigenvalue weighted by Crippen LogP contribution is -2.12. The number of aromatic nitrogens is 3. The minimum absolute atomic E-state index is 0.187. The van der Waals surface area contributed by atoms with Gasteiger partial charge in [0.1, 0.15) is 5.82 Å². The summed E-state index contributed by atoms with van der Waals surface area (Å²) in [5.74, 6) is 0.989. The highest BCUT2D eigenvalue weighted by atomic mass is 32.3. The maximum Gasteiger partial charge on any atom is 0.368 e. The summed E-state index contributed by atoms with van der Waals surface area (Å²) in [6.07, 6.45) is 1.45. The average molecular weight is 263 g/mol. The van der Waals surface area contributed by atoms with Crippen molar-refractivity contribution < 1.29 is 12.3 Å². The third-order valence-electron chi connectivity index (χ3n) is 2.41. The van der Waals surface area contributed by atoms with Gasteiger partial charge in [-0.25, -0.2) is 0 Å². The standard InChI is InChI=1S/C10H18FN3O2S/c1-7(2)5-6-9-12-13-10(17(11,15)16)14(9)8(3)4/h7-8H,5-6H2,1-4H3. The Morgan fingerprint density at radius 2 is 1.82 bits per heavy atom. The molecule has 0 atom stereocenters. The van der Waals surface area contributed by atoms with Crippen molar-refractivity contribution in [2.45, 2.75) is 51.7 Å². The van der Waals surface area contributed by atoms with Gasteiger partial charge in [-0.05, 0) is 26.2 Å². The monoisotopic (exact) mass is 263 g/mol. The molecule has 1 aromatic rings. The maximum absolute atomic E-state index is 13.0. The first-order chi connectivity index (χ1) is 7.73. The smallest absolute Gasteiger partial charge is 0.297 e. The van der Waals surface area contributed by atoms with E-state index in [1.807, 2.05) is 0 Å². The van der Waals surface area contributed by atoms with Crippen LogP contribution >= 0.6 is 0 Å². The first-order valence-corrected chi connectivity index (χ1v) is 7.00. The summed E-state index contributed by atoms with van der Waals surface area (Å²) in [4.78, 5) is 0. The third-order valence-corrected chi connectivity index (χ3v) is 3.13. The predicted octanol–water partition coefficient (Wildman–Crippen LogP) is 2.11. The van der Waals surface area contributed by atoms with Crippen molar-refractivity contribution in [3.63, 3.8) is 0 Å². The second-order valence-electron chi connectivity index (χ2n) is 4.73. The normalized spacial score (nSPS) is 12.6. The van der Waals surface area contributed by atoms with Crippen molar-refractivity contribution in [2.75, 3.05) is 0 Å². The molecule has 1 heterocycles. The van der Waals surface area contributed by atoms with Gasteiger partial charge < -0.3 is 0 Å². The number of rotatable bonds is 5. The topological polar surface area (TPSA) is 64.8 Å². The third kappa shape index (κ3) is 3.49. The molecule has 0 fully saturated rings. The van der Waals surface area contributed by atoms with Crippen LogP contribution in [-0.2, 0) is 16.6 Å². The molecule has 0 unspecified atom stereocenters. The molecule has 0 aliphatic heterocycles. The molecule has 0 amide bonds. The van der Waals surface area contributed by atoms with E-state index >= 15 is 0 Å². The molecular formula is C10H18FN3O2S. The van der Waals surface area contributed by atoms with Crippen molar-refractivity contribution >= 4 is 10.2 Å². The average Bonchev–Trinajstić information content (AvgIpc) is 2.57. The van der Waals surface area contributed by atoms with Gasteiger partial charge >= 0.3 is 10.2 Å². The van der Waals surface area contributed by atoms with E-state index in [9.17, 15) is 12.3 Å². The van der Waals surface area contributed by atoms with E-state index in [0.29, 0.717) is 18.2 Å². The van der Waals surface area contributed by atoms with Crippen LogP contribution in [0.1, 0.15) is 46.0 Å². The van der Waals surface area contributed by atoms with Crippen molar-refractivity contribution in [2.24, 2.45) is 5.92 Å². The lowest BCUT2D eigenvalue weighted by atomic mass is 10.1. The summed E-state index contributed by atoms with van der Waals surface area (Å²) < 4.78 is 36.2. The molecule has 0 spiro atoms. The fourth-order valence-electron chi connectivity index (χ4n) is 1.58. The Morgan fingerprint density at radius 3 is 2.24 bits per heavy atom. The summed E-state index contributed by atoms with van der Waals surface area (Å²) in [6.45, 7) is 7.67. The fourth-order valence-corrected chi connectivity index (χ4v) is 2.27. The van der Waals surface area contributed by atoms with Gasteiger partial charge in [-0.15, -0.1) is 10.2 Å². The Labute approximate surface area is 101 Å². The SMILES string of the molecule is CC(C)CCc1nnc(S(=O)(=O)F)n1C(C)C. The molecule has 0 saturated carbocycles. The zero-order valence-electron chi connectivity index (χ0n) is 10.5. The highest BCUT2D eigenvalue weighted by molar-refractivity contribution is 7.86. The molecule has 1 aromatic heterocycles. The summed E-state index contributed by atoms with van der Waals surface area (Å²) in [6, 6.07) is -0.187. The summed E-state index contributed by atoms with van der Waals surface area (Å²) in [5.41, 5.74) is 0. The van der Waals surface area contributed by atoms with Gasteiger partial charge in [-0.2, -0.15) is 8.42 Å². The van der Waals surface area contributed by atoms with E-state index in [-0.39, 0.29) is 6.04 Å². The molecule has 0 saturated heterocycles. The molecule has 0 aliphatic carbocycles. The zero-order chi connectivity index (χ0) is 13.2. The van der Waals surface area contributed by atoms with Crippen LogP contribution in [0, 0.1) is 5.92 Å². The summed E-state index contributed by atoms with van der Waals surface area (Å²) in [5, 5.41) is 6.61. The molecule has 5 nitrogen and oxygen atoms in total. The van der Waals surface area contributed by atoms with E-state index < -0.39 is 15.4 Å². The molecule has 1 rings (SSSR count). The highest BCUT2D eigenvalue weighted by Gasteiger charge is 2.25. The van der Waals surface area contributed by atoms with Crippen LogP contribution in [0.5, 0.6) is 0 Å². The summed E-state index contributed by atoms with van der Waals surface area (Å²) >= 11 is 0. The number of nitrogens with zero attached hydrogens (tertiary/aromatic N) is 3. The van der Waals surface area contributed by atoms with Gasteiger partial charge in [0.05, 0.1) is 0 Å². The van der Waals surface area contributed by atoms with Gasteiger partial charge in [-0.3, -0.25) is 4.57 Å². The van der Waals surface area contributed by atoms with Crippen molar-refractivity contribution in [3.05, 3.63) is 5.82 Å². The second kappa shape index (κ2) is 5.12. The minimum atomic E-state index is -4.81. The number of hydrogen-bond donors (Lipinski definition) is 0. The van der Waals surface area contributed by atoms with E-state index in [1.54, 1.807) is 13.8 Å². The van der Waals surface area contributed by atoms with Gasteiger partial charge in [0.25, 0.3) is 5.16 Å². The number of halogens is 1. The second-order valence-corrected chi connectivity index (χ2v) is 5.97. The minimum Gasteiger partial charge on any atom is -0.297 e.